The molecule has 1 aliphatic rings. The van der Waals surface area contributed by atoms with E-state index in [2.05, 4.69) is 18.2 Å². The Hall–Kier alpha value is 0.270. The SMILES string of the molecule is COCCN(C)[C@H]1CCC[C@H]1SC. The lowest BCUT2D eigenvalue weighted by Gasteiger charge is -2.28. The summed E-state index contributed by atoms with van der Waals surface area (Å²) in [4.78, 5) is 2.46. The molecule has 0 unspecified atom stereocenters. The Morgan fingerprint density at radius 2 is 2.23 bits per heavy atom. The van der Waals surface area contributed by atoms with Gasteiger partial charge in [-0.05, 0) is 26.1 Å². The van der Waals surface area contributed by atoms with Crippen LogP contribution in [0.3, 0.4) is 0 Å². The number of ether oxygens (including phenoxy) is 1. The van der Waals surface area contributed by atoms with Crippen LogP contribution in [0, 0.1) is 0 Å². The van der Waals surface area contributed by atoms with E-state index in [-0.39, 0.29) is 0 Å². The Balaban J connectivity index is 2.31. The van der Waals surface area contributed by atoms with Gasteiger partial charge in [0.2, 0.25) is 0 Å². The van der Waals surface area contributed by atoms with Gasteiger partial charge in [0.25, 0.3) is 0 Å². The van der Waals surface area contributed by atoms with Crippen LogP contribution in [-0.4, -0.2) is 49.8 Å². The van der Waals surface area contributed by atoms with Gasteiger partial charge in [-0.25, -0.2) is 0 Å². The summed E-state index contributed by atoms with van der Waals surface area (Å²) in [5.41, 5.74) is 0. The minimum atomic E-state index is 0.783. The first-order valence-electron chi connectivity index (χ1n) is 5.01. The van der Waals surface area contributed by atoms with E-state index in [1.807, 2.05) is 11.8 Å². The second-order valence-electron chi connectivity index (χ2n) is 3.75. The third-order valence-electron chi connectivity index (χ3n) is 2.93. The van der Waals surface area contributed by atoms with Crippen LogP contribution in [0.25, 0.3) is 0 Å². The molecule has 0 aromatic heterocycles. The van der Waals surface area contributed by atoms with Crippen LogP contribution < -0.4 is 0 Å². The van der Waals surface area contributed by atoms with E-state index in [0.717, 1.165) is 24.4 Å². The van der Waals surface area contributed by atoms with E-state index in [1.165, 1.54) is 19.3 Å². The molecule has 2 nitrogen and oxygen atoms in total. The van der Waals surface area contributed by atoms with Crippen molar-refractivity contribution in [1.29, 1.82) is 0 Å². The van der Waals surface area contributed by atoms with Crippen LogP contribution in [-0.2, 0) is 4.74 Å². The van der Waals surface area contributed by atoms with Gasteiger partial charge in [-0.3, -0.25) is 0 Å². The molecule has 0 radical (unpaired) electrons. The molecule has 0 heterocycles. The molecule has 3 heteroatoms. The van der Waals surface area contributed by atoms with Crippen molar-refractivity contribution in [3.8, 4) is 0 Å². The van der Waals surface area contributed by atoms with Crippen molar-refractivity contribution in [2.24, 2.45) is 0 Å². The summed E-state index contributed by atoms with van der Waals surface area (Å²) < 4.78 is 5.09. The summed E-state index contributed by atoms with van der Waals surface area (Å²) in [6.07, 6.45) is 6.38. The van der Waals surface area contributed by atoms with E-state index in [9.17, 15) is 0 Å². The number of hydrogen-bond donors (Lipinski definition) is 0. The first-order valence-corrected chi connectivity index (χ1v) is 6.30. The topological polar surface area (TPSA) is 12.5 Å². The average molecular weight is 203 g/mol. The summed E-state index contributed by atoms with van der Waals surface area (Å²) in [5, 5.41) is 0.849. The van der Waals surface area contributed by atoms with Gasteiger partial charge >= 0.3 is 0 Å². The molecular weight excluding hydrogens is 182 g/mol. The molecule has 0 aromatic carbocycles. The van der Waals surface area contributed by atoms with Gasteiger partial charge in [-0.2, -0.15) is 11.8 Å². The zero-order valence-electron chi connectivity index (χ0n) is 8.95. The third kappa shape index (κ3) is 3.15. The number of hydrogen-bond acceptors (Lipinski definition) is 3. The van der Waals surface area contributed by atoms with Crippen molar-refractivity contribution >= 4 is 11.8 Å². The predicted molar refractivity (Wildman–Crippen MR) is 59.4 cm³/mol. The standard InChI is InChI=1S/C10H21NOS/c1-11(7-8-12-2)9-5-4-6-10(9)13-3/h9-10H,4-8H2,1-3H3/t9-,10+/m0/s1. The molecule has 13 heavy (non-hydrogen) atoms. The Labute approximate surface area is 86.0 Å². The summed E-state index contributed by atoms with van der Waals surface area (Å²) in [6, 6.07) is 0.783. The van der Waals surface area contributed by atoms with Crippen molar-refractivity contribution < 1.29 is 4.74 Å². The minimum Gasteiger partial charge on any atom is -0.383 e. The molecule has 1 rings (SSSR count). The molecule has 1 fully saturated rings. The molecule has 0 saturated heterocycles. The van der Waals surface area contributed by atoms with Gasteiger partial charge in [0.05, 0.1) is 6.61 Å². The zero-order chi connectivity index (χ0) is 9.68. The van der Waals surface area contributed by atoms with Crippen molar-refractivity contribution in [3.05, 3.63) is 0 Å². The highest BCUT2D eigenvalue weighted by molar-refractivity contribution is 7.99. The lowest BCUT2D eigenvalue weighted by molar-refractivity contribution is 0.141. The molecule has 1 aliphatic carbocycles. The summed E-state index contributed by atoms with van der Waals surface area (Å²) >= 11 is 2.02. The molecule has 0 aromatic rings. The number of thioether (sulfide) groups is 1. The number of likely N-dealkylation sites (N-methyl/N-ethyl adjacent to an activating group) is 1. The summed E-state index contributed by atoms with van der Waals surface area (Å²) in [7, 11) is 3.99. The number of rotatable bonds is 5. The van der Waals surface area contributed by atoms with Crippen molar-refractivity contribution in [2.45, 2.75) is 30.6 Å². The normalized spacial score (nSPS) is 28.6. The molecule has 0 bridgehead atoms. The molecule has 78 valence electrons. The lowest BCUT2D eigenvalue weighted by Crippen LogP contribution is -2.38. The van der Waals surface area contributed by atoms with Crippen molar-refractivity contribution in [1.82, 2.24) is 4.90 Å². The lowest BCUT2D eigenvalue weighted by atomic mass is 10.2. The van der Waals surface area contributed by atoms with Gasteiger partial charge < -0.3 is 9.64 Å². The van der Waals surface area contributed by atoms with Gasteiger partial charge in [0.1, 0.15) is 0 Å². The minimum absolute atomic E-state index is 0.783. The molecule has 2 atom stereocenters. The quantitative estimate of drug-likeness (QED) is 0.676. The van der Waals surface area contributed by atoms with Crippen molar-refractivity contribution in [3.63, 3.8) is 0 Å². The highest BCUT2D eigenvalue weighted by Gasteiger charge is 2.29. The molecule has 0 N–H and O–H groups in total. The average Bonchev–Trinajstić information content (AvgIpc) is 2.61. The fraction of sp³-hybridized carbons (Fsp3) is 1.00. The fourth-order valence-corrected chi connectivity index (χ4v) is 3.15. The van der Waals surface area contributed by atoms with E-state index < -0.39 is 0 Å². The third-order valence-corrected chi connectivity index (χ3v) is 4.09. The van der Waals surface area contributed by atoms with Crippen LogP contribution >= 0.6 is 11.8 Å². The molecule has 0 aliphatic heterocycles. The molecule has 0 spiro atoms. The van der Waals surface area contributed by atoms with Gasteiger partial charge in [0, 0.05) is 24.9 Å². The second-order valence-corrected chi connectivity index (χ2v) is 4.82. The van der Waals surface area contributed by atoms with Crippen molar-refractivity contribution in [2.75, 3.05) is 33.6 Å². The Bertz CT molecular complexity index is 143. The first kappa shape index (κ1) is 11.3. The van der Waals surface area contributed by atoms with Gasteiger partial charge in [0.15, 0.2) is 0 Å². The molecular formula is C10H21NOS. The second kappa shape index (κ2) is 5.89. The Kier molecular flexibility index (Phi) is 5.14. The predicted octanol–water partition coefficient (Wildman–Crippen LogP) is 1.85. The van der Waals surface area contributed by atoms with E-state index in [1.54, 1.807) is 7.11 Å². The molecule has 0 amide bonds. The van der Waals surface area contributed by atoms with E-state index in [4.69, 9.17) is 4.74 Å². The Morgan fingerprint density at radius 3 is 2.85 bits per heavy atom. The van der Waals surface area contributed by atoms with Crippen LogP contribution in [0.4, 0.5) is 0 Å². The maximum absolute atomic E-state index is 5.09. The summed E-state index contributed by atoms with van der Waals surface area (Å²) in [5.74, 6) is 0. The van der Waals surface area contributed by atoms with E-state index >= 15 is 0 Å². The number of nitrogens with zero attached hydrogens (tertiary/aromatic N) is 1. The van der Waals surface area contributed by atoms with Gasteiger partial charge in [-0.15, -0.1) is 0 Å². The first-order chi connectivity index (χ1) is 6.29. The maximum atomic E-state index is 5.09. The highest BCUT2D eigenvalue weighted by Crippen LogP contribution is 2.31. The zero-order valence-corrected chi connectivity index (χ0v) is 9.77. The monoisotopic (exact) mass is 203 g/mol. The van der Waals surface area contributed by atoms with Gasteiger partial charge in [-0.1, -0.05) is 6.42 Å². The maximum Gasteiger partial charge on any atom is 0.0589 e. The molecule has 1 saturated carbocycles. The largest absolute Gasteiger partial charge is 0.383 e. The van der Waals surface area contributed by atoms with E-state index in [0.29, 0.717) is 0 Å². The smallest absolute Gasteiger partial charge is 0.0589 e. The van der Waals surface area contributed by atoms with Crippen LogP contribution in [0.15, 0.2) is 0 Å². The van der Waals surface area contributed by atoms with Crippen LogP contribution in [0.5, 0.6) is 0 Å². The summed E-state index contributed by atoms with van der Waals surface area (Å²) in [6.45, 7) is 1.92. The highest BCUT2D eigenvalue weighted by atomic mass is 32.2. The number of methoxy groups -OCH3 is 1. The van der Waals surface area contributed by atoms with Crippen LogP contribution in [0.2, 0.25) is 0 Å². The van der Waals surface area contributed by atoms with Crippen LogP contribution in [0.1, 0.15) is 19.3 Å². The fourth-order valence-electron chi connectivity index (χ4n) is 2.09. The Morgan fingerprint density at radius 1 is 1.46 bits per heavy atom.